The highest BCUT2D eigenvalue weighted by molar-refractivity contribution is 7.96. The van der Waals surface area contributed by atoms with Gasteiger partial charge in [0, 0.05) is 45.9 Å². The van der Waals surface area contributed by atoms with Crippen molar-refractivity contribution in [3.8, 4) is 0 Å². The van der Waals surface area contributed by atoms with Crippen LogP contribution in [0, 0.1) is 6.92 Å². The standard InChI is InChI=1S/C22H16ClNO4S/c1-13-22(16-5-3-4-6-18(16)24(13)2)17-11-20(26)21(12-19(17)25)29(27,28)15-9-7-14(23)8-10-15/h3-12H,1-2H3. The van der Waals surface area contributed by atoms with Crippen LogP contribution in [0.5, 0.6) is 0 Å². The van der Waals surface area contributed by atoms with Gasteiger partial charge in [0.15, 0.2) is 11.6 Å². The Kier molecular flexibility index (Phi) is 4.56. The summed E-state index contributed by atoms with van der Waals surface area (Å²) in [6.07, 6.45) is 2.04. The lowest BCUT2D eigenvalue weighted by Crippen LogP contribution is -2.19. The quantitative estimate of drug-likeness (QED) is 0.594. The Morgan fingerprint density at radius 1 is 0.897 bits per heavy atom. The molecule has 4 rings (SSSR count). The molecule has 0 saturated heterocycles. The van der Waals surface area contributed by atoms with Crippen molar-refractivity contribution in [2.75, 3.05) is 0 Å². The molecule has 146 valence electrons. The van der Waals surface area contributed by atoms with Crippen molar-refractivity contribution in [1.29, 1.82) is 0 Å². The minimum Gasteiger partial charge on any atom is -0.347 e. The normalized spacial score (nSPS) is 14.9. The van der Waals surface area contributed by atoms with Crippen LogP contribution in [0.15, 0.2) is 70.5 Å². The summed E-state index contributed by atoms with van der Waals surface area (Å²) in [4.78, 5) is 25.0. The molecule has 0 bridgehead atoms. The maximum absolute atomic E-state index is 12.9. The molecule has 1 heterocycles. The molecular formula is C22H16ClNO4S. The molecule has 7 heteroatoms. The van der Waals surface area contributed by atoms with E-state index in [0.29, 0.717) is 10.6 Å². The second kappa shape index (κ2) is 6.83. The fraction of sp³-hybridized carbons (Fsp3) is 0.0909. The number of nitrogens with zero attached hydrogens (tertiary/aromatic N) is 1. The van der Waals surface area contributed by atoms with Crippen molar-refractivity contribution < 1.29 is 18.0 Å². The molecule has 0 saturated carbocycles. The molecule has 2 aromatic carbocycles. The number of carbonyl (C=O) groups is 2. The van der Waals surface area contributed by atoms with Gasteiger partial charge in [-0.1, -0.05) is 29.8 Å². The summed E-state index contributed by atoms with van der Waals surface area (Å²) in [6.45, 7) is 1.86. The van der Waals surface area contributed by atoms with Crippen molar-refractivity contribution in [2.24, 2.45) is 7.05 Å². The molecule has 3 aromatic rings. The van der Waals surface area contributed by atoms with Gasteiger partial charge in [-0.15, -0.1) is 0 Å². The Labute approximate surface area is 172 Å². The number of benzene rings is 2. The van der Waals surface area contributed by atoms with E-state index < -0.39 is 26.3 Å². The van der Waals surface area contributed by atoms with E-state index in [-0.39, 0.29) is 10.5 Å². The zero-order valence-corrected chi connectivity index (χ0v) is 17.2. The van der Waals surface area contributed by atoms with E-state index in [1.165, 1.54) is 24.3 Å². The van der Waals surface area contributed by atoms with Gasteiger partial charge in [0.1, 0.15) is 4.91 Å². The van der Waals surface area contributed by atoms with Crippen LogP contribution >= 0.6 is 11.6 Å². The first kappa shape index (κ1) is 19.4. The third-order valence-electron chi connectivity index (χ3n) is 5.13. The third kappa shape index (κ3) is 3.05. The molecule has 29 heavy (non-hydrogen) atoms. The topological polar surface area (TPSA) is 73.2 Å². The molecule has 1 aliphatic carbocycles. The molecule has 0 unspecified atom stereocenters. The average molecular weight is 426 g/mol. The number of carbonyl (C=O) groups excluding carboxylic acids is 2. The zero-order valence-electron chi connectivity index (χ0n) is 15.6. The van der Waals surface area contributed by atoms with Gasteiger partial charge in [0.2, 0.25) is 9.84 Å². The Morgan fingerprint density at radius 3 is 2.24 bits per heavy atom. The lowest BCUT2D eigenvalue weighted by Gasteiger charge is -2.14. The number of allylic oxidation sites excluding steroid dienone is 4. The Balaban J connectivity index is 1.82. The van der Waals surface area contributed by atoms with Crippen molar-refractivity contribution in [3.05, 3.63) is 81.9 Å². The van der Waals surface area contributed by atoms with E-state index in [9.17, 15) is 18.0 Å². The van der Waals surface area contributed by atoms with Crippen LogP contribution in [-0.4, -0.2) is 24.6 Å². The lowest BCUT2D eigenvalue weighted by atomic mass is 9.94. The molecule has 5 nitrogen and oxygen atoms in total. The fourth-order valence-corrected chi connectivity index (χ4v) is 5.01. The Hall–Kier alpha value is -2.96. The summed E-state index contributed by atoms with van der Waals surface area (Å²) in [5, 5.41) is 1.20. The number of ketones is 2. The molecular weight excluding hydrogens is 410 g/mol. The molecule has 1 aromatic heterocycles. The molecule has 0 spiro atoms. The van der Waals surface area contributed by atoms with Gasteiger partial charge < -0.3 is 4.57 Å². The number of hydrogen-bond acceptors (Lipinski definition) is 4. The van der Waals surface area contributed by atoms with Gasteiger partial charge in [-0.25, -0.2) is 8.42 Å². The van der Waals surface area contributed by atoms with E-state index in [1.807, 2.05) is 42.8 Å². The lowest BCUT2D eigenvalue weighted by molar-refractivity contribution is -0.113. The second-order valence-electron chi connectivity index (χ2n) is 6.79. The van der Waals surface area contributed by atoms with Gasteiger partial charge in [-0.3, -0.25) is 9.59 Å². The van der Waals surface area contributed by atoms with Crippen LogP contribution in [0.3, 0.4) is 0 Å². The number of rotatable bonds is 3. The number of fused-ring (bicyclic) bond motifs is 1. The first-order valence-electron chi connectivity index (χ1n) is 8.79. The molecule has 0 aliphatic heterocycles. The van der Waals surface area contributed by atoms with Gasteiger partial charge >= 0.3 is 0 Å². The summed E-state index contributed by atoms with van der Waals surface area (Å²) in [5.41, 5.74) is 2.57. The van der Waals surface area contributed by atoms with Crippen molar-refractivity contribution in [2.45, 2.75) is 11.8 Å². The number of sulfone groups is 1. The molecule has 0 N–H and O–H groups in total. The van der Waals surface area contributed by atoms with Gasteiger partial charge in [0.05, 0.1) is 4.90 Å². The van der Waals surface area contributed by atoms with Gasteiger partial charge in [-0.2, -0.15) is 0 Å². The number of para-hydroxylation sites is 1. The predicted octanol–water partition coefficient (Wildman–Crippen LogP) is 4.03. The number of aromatic nitrogens is 1. The first-order valence-corrected chi connectivity index (χ1v) is 10.6. The molecule has 0 amide bonds. The Bertz CT molecular complexity index is 1360. The zero-order chi connectivity index (χ0) is 20.9. The van der Waals surface area contributed by atoms with Crippen LogP contribution in [0.2, 0.25) is 5.02 Å². The highest BCUT2D eigenvalue weighted by atomic mass is 35.5. The molecule has 0 fully saturated rings. The Morgan fingerprint density at radius 2 is 1.55 bits per heavy atom. The smallest absolute Gasteiger partial charge is 0.210 e. The summed E-state index contributed by atoms with van der Waals surface area (Å²) in [5.74, 6) is -1.24. The van der Waals surface area contributed by atoms with Crippen LogP contribution in [0.4, 0.5) is 0 Å². The minimum absolute atomic E-state index is 0.0903. The molecule has 0 atom stereocenters. The predicted molar refractivity (Wildman–Crippen MR) is 112 cm³/mol. The SMILES string of the molecule is Cc1c(C2=CC(=O)C(S(=O)(=O)c3ccc(Cl)cc3)=CC2=O)c2ccccc2n1C. The van der Waals surface area contributed by atoms with E-state index in [1.54, 1.807) is 0 Å². The second-order valence-corrected chi connectivity index (χ2v) is 9.14. The van der Waals surface area contributed by atoms with E-state index in [0.717, 1.165) is 28.7 Å². The number of aryl methyl sites for hydroxylation is 1. The first-order chi connectivity index (χ1) is 13.7. The van der Waals surface area contributed by atoms with Crippen molar-refractivity contribution in [3.63, 3.8) is 0 Å². The van der Waals surface area contributed by atoms with E-state index >= 15 is 0 Å². The van der Waals surface area contributed by atoms with Crippen molar-refractivity contribution >= 4 is 49.5 Å². The number of hydrogen-bond donors (Lipinski definition) is 0. The summed E-state index contributed by atoms with van der Waals surface area (Å²) < 4.78 is 27.7. The highest BCUT2D eigenvalue weighted by Gasteiger charge is 2.33. The minimum atomic E-state index is -4.13. The molecule has 0 radical (unpaired) electrons. The van der Waals surface area contributed by atoms with Crippen molar-refractivity contribution in [1.82, 2.24) is 4.57 Å². The maximum Gasteiger partial charge on any atom is 0.210 e. The van der Waals surface area contributed by atoms with Gasteiger partial charge in [-0.05, 0) is 43.3 Å². The largest absolute Gasteiger partial charge is 0.347 e. The number of halogens is 1. The third-order valence-corrected chi connectivity index (χ3v) is 7.17. The van der Waals surface area contributed by atoms with Crippen LogP contribution in [0.1, 0.15) is 11.3 Å². The van der Waals surface area contributed by atoms with Gasteiger partial charge in [0.25, 0.3) is 0 Å². The maximum atomic E-state index is 12.9. The summed E-state index contributed by atoms with van der Waals surface area (Å²) in [6, 6.07) is 13.0. The monoisotopic (exact) mass is 425 g/mol. The summed E-state index contributed by atoms with van der Waals surface area (Å²) in [7, 11) is -2.25. The van der Waals surface area contributed by atoms with E-state index in [4.69, 9.17) is 11.6 Å². The molecule has 1 aliphatic rings. The average Bonchev–Trinajstić information content (AvgIpc) is 2.94. The highest BCUT2D eigenvalue weighted by Crippen LogP contribution is 2.34. The van der Waals surface area contributed by atoms with Crippen LogP contribution in [0.25, 0.3) is 16.5 Å². The fourth-order valence-electron chi connectivity index (χ4n) is 3.55. The van der Waals surface area contributed by atoms with E-state index in [2.05, 4.69) is 0 Å². The van der Waals surface area contributed by atoms with Crippen LogP contribution in [-0.2, 0) is 26.5 Å². The summed E-state index contributed by atoms with van der Waals surface area (Å²) >= 11 is 5.81. The van der Waals surface area contributed by atoms with Crippen LogP contribution < -0.4 is 0 Å².